The van der Waals surface area contributed by atoms with Gasteiger partial charge in [-0.2, -0.15) is 0 Å². The van der Waals surface area contributed by atoms with Crippen LogP contribution in [0.5, 0.6) is 0 Å². The van der Waals surface area contributed by atoms with E-state index in [2.05, 4.69) is 20.8 Å². The monoisotopic (exact) mass is 438 g/mol. The second-order valence-corrected chi connectivity index (χ2v) is 8.16. The number of hydrogen-bond acceptors (Lipinski definition) is 6. The van der Waals surface area contributed by atoms with Crippen molar-refractivity contribution >= 4 is 44.6 Å². The topological polar surface area (TPSA) is 72.2 Å². The third-order valence-electron chi connectivity index (χ3n) is 4.27. The van der Waals surface area contributed by atoms with Gasteiger partial charge in [-0.3, -0.25) is 0 Å². The van der Waals surface area contributed by atoms with Gasteiger partial charge in [-0.05, 0) is 48.8 Å². The van der Waals surface area contributed by atoms with Gasteiger partial charge in [-0.1, -0.05) is 0 Å². The quantitative estimate of drug-likeness (QED) is 0.658. The van der Waals surface area contributed by atoms with Crippen LogP contribution in [0.4, 0.5) is 10.5 Å². The lowest BCUT2D eigenvalue weighted by Gasteiger charge is -2.37. The summed E-state index contributed by atoms with van der Waals surface area (Å²) in [6.07, 6.45) is -0.283. The fourth-order valence-electron chi connectivity index (χ4n) is 2.97. The largest absolute Gasteiger partial charge is 0.463 e. The Morgan fingerprint density at radius 3 is 2.41 bits per heavy atom. The van der Waals surface area contributed by atoms with E-state index in [1.807, 2.05) is 32.9 Å². The Hall–Kier alpha value is -2.22. The van der Waals surface area contributed by atoms with Crippen molar-refractivity contribution < 1.29 is 23.5 Å². The second-order valence-electron chi connectivity index (χ2n) is 7.37. The minimum absolute atomic E-state index is 0.167. The van der Waals surface area contributed by atoms with Crippen molar-refractivity contribution in [3.63, 3.8) is 0 Å². The predicted molar refractivity (Wildman–Crippen MR) is 105 cm³/mol. The van der Waals surface area contributed by atoms with E-state index in [0.717, 1.165) is 15.5 Å². The summed E-state index contributed by atoms with van der Waals surface area (Å²) in [4.78, 5) is 27.8. The van der Waals surface area contributed by atoms with Crippen LogP contribution in [0.3, 0.4) is 0 Å². The van der Waals surface area contributed by atoms with Crippen LogP contribution >= 0.6 is 15.9 Å². The van der Waals surface area contributed by atoms with Crippen molar-refractivity contribution in [1.82, 2.24) is 4.90 Å². The van der Waals surface area contributed by atoms with Crippen molar-refractivity contribution in [2.24, 2.45) is 0 Å². The fourth-order valence-corrected chi connectivity index (χ4v) is 3.66. The molecule has 0 bridgehead atoms. The minimum atomic E-state index is -0.509. The Kier molecular flexibility index (Phi) is 5.37. The second kappa shape index (κ2) is 7.42. The number of piperazine rings is 1. The zero-order valence-electron chi connectivity index (χ0n) is 15.9. The number of anilines is 1. The van der Waals surface area contributed by atoms with Gasteiger partial charge in [0.2, 0.25) is 5.76 Å². The number of amides is 1. The Bertz CT molecular complexity index is 863. The van der Waals surface area contributed by atoms with E-state index in [0.29, 0.717) is 31.8 Å². The molecule has 7 nitrogen and oxygen atoms in total. The van der Waals surface area contributed by atoms with Gasteiger partial charge in [0.1, 0.15) is 11.2 Å². The van der Waals surface area contributed by atoms with Crippen LogP contribution in [0.15, 0.2) is 27.1 Å². The molecule has 2 heterocycles. The van der Waals surface area contributed by atoms with Crippen molar-refractivity contribution in [1.29, 1.82) is 0 Å². The molecule has 0 radical (unpaired) electrons. The lowest BCUT2D eigenvalue weighted by molar-refractivity contribution is 0.0240. The van der Waals surface area contributed by atoms with Gasteiger partial charge in [-0.25, -0.2) is 9.59 Å². The number of nitrogens with zero attached hydrogens (tertiary/aromatic N) is 2. The van der Waals surface area contributed by atoms with Crippen molar-refractivity contribution in [2.45, 2.75) is 26.4 Å². The average Bonchev–Trinajstić information content (AvgIpc) is 3.05. The van der Waals surface area contributed by atoms with Crippen LogP contribution in [0, 0.1) is 0 Å². The highest BCUT2D eigenvalue weighted by Crippen LogP contribution is 2.36. The number of fused-ring (bicyclic) bond motifs is 1. The fraction of sp³-hybridized carbons (Fsp3) is 0.474. The van der Waals surface area contributed by atoms with Gasteiger partial charge >= 0.3 is 12.1 Å². The van der Waals surface area contributed by atoms with Crippen LogP contribution in [0.2, 0.25) is 0 Å². The molecule has 27 heavy (non-hydrogen) atoms. The average molecular weight is 439 g/mol. The third-order valence-corrected chi connectivity index (χ3v) is 5.11. The Morgan fingerprint density at radius 1 is 1.15 bits per heavy atom. The highest BCUT2D eigenvalue weighted by atomic mass is 79.9. The van der Waals surface area contributed by atoms with E-state index in [-0.39, 0.29) is 11.9 Å². The summed E-state index contributed by atoms with van der Waals surface area (Å²) in [6.45, 7) is 8.12. The molecule has 0 spiro atoms. The number of ether oxygens (including phenoxy) is 2. The molecule has 3 rings (SSSR count). The number of esters is 1. The summed E-state index contributed by atoms with van der Waals surface area (Å²) in [6, 6.07) is 5.45. The van der Waals surface area contributed by atoms with Gasteiger partial charge in [0.25, 0.3) is 0 Å². The number of rotatable bonds is 2. The molecule has 1 amide bonds. The van der Waals surface area contributed by atoms with Crippen LogP contribution < -0.4 is 4.90 Å². The highest BCUT2D eigenvalue weighted by molar-refractivity contribution is 9.10. The predicted octanol–water partition coefficient (Wildman–Crippen LogP) is 4.04. The SMILES string of the molecule is COC(=O)c1cc2c(Br)c(N3CCN(C(=O)OC(C)(C)C)CC3)ccc2o1. The van der Waals surface area contributed by atoms with Gasteiger partial charge in [0, 0.05) is 37.6 Å². The van der Waals surface area contributed by atoms with Crippen LogP contribution in [0.25, 0.3) is 11.0 Å². The van der Waals surface area contributed by atoms with E-state index < -0.39 is 11.6 Å². The molecule has 8 heteroatoms. The first-order chi connectivity index (χ1) is 12.7. The molecule has 0 N–H and O–H groups in total. The number of methoxy groups -OCH3 is 1. The van der Waals surface area contributed by atoms with E-state index in [9.17, 15) is 9.59 Å². The first kappa shape index (κ1) is 19.5. The van der Waals surface area contributed by atoms with Crippen LogP contribution in [-0.2, 0) is 9.47 Å². The maximum absolute atomic E-state index is 12.2. The summed E-state index contributed by atoms with van der Waals surface area (Å²) in [5.41, 5.74) is 1.10. The lowest BCUT2D eigenvalue weighted by atomic mass is 10.2. The molecule has 1 aliphatic heterocycles. The Balaban J connectivity index is 1.74. The Morgan fingerprint density at radius 2 is 1.81 bits per heavy atom. The van der Waals surface area contributed by atoms with E-state index >= 15 is 0 Å². The van der Waals surface area contributed by atoms with Gasteiger partial charge in [-0.15, -0.1) is 0 Å². The minimum Gasteiger partial charge on any atom is -0.463 e. The van der Waals surface area contributed by atoms with E-state index in [1.165, 1.54) is 7.11 Å². The number of hydrogen-bond donors (Lipinski definition) is 0. The van der Waals surface area contributed by atoms with Crippen molar-refractivity contribution in [3.8, 4) is 0 Å². The highest BCUT2D eigenvalue weighted by Gasteiger charge is 2.27. The third kappa shape index (κ3) is 4.21. The maximum Gasteiger partial charge on any atom is 0.410 e. The summed E-state index contributed by atoms with van der Waals surface area (Å²) in [5, 5.41) is 0.808. The van der Waals surface area contributed by atoms with Crippen molar-refractivity contribution in [3.05, 3.63) is 28.4 Å². The molecule has 146 valence electrons. The molecule has 1 aromatic heterocycles. The molecule has 1 fully saturated rings. The lowest BCUT2D eigenvalue weighted by Crippen LogP contribution is -2.50. The molecule has 0 saturated carbocycles. The number of carbonyl (C=O) groups excluding carboxylic acids is 2. The van der Waals surface area contributed by atoms with E-state index in [1.54, 1.807) is 11.0 Å². The molecule has 1 saturated heterocycles. The molecular formula is C19H23BrN2O5. The number of halogens is 1. The number of carbonyl (C=O) groups is 2. The molecule has 1 aliphatic rings. The number of benzene rings is 1. The standard InChI is InChI=1S/C19H23BrN2O5/c1-19(2,3)27-18(24)22-9-7-21(8-10-22)13-5-6-14-12(16(13)20)11-15(26-14)17(23)25-4/h5-6,11H,7-10H2,1-4H3. The van der Waals surface area contributed by atoms with E-state index in [4.69, 9.17) is 13.9 Å². The van der Waals surface area contributed by atoms with Crippen LogP contribution in [0.1, 0.15) is 31.3 Å². The molecular weight excluding hydrogens is 416 g/mol. The summed E-state index contributed by atoms with van der Waals surface area (Å²) in [7, 11) is 1.32. The van der Waals surface area contributed by atoms with Crippen LogP contribution in [-0.4, -0.2) is 55.9 Å². The zero-order valence-corrected chi connectivity index (χ0v) is 17.5. The molecule has 0 atom stereocenters. The Labute approximate surface area is 166 Å². The molecule has 0 aliphatic carbocycles. The van der Waals surface area contributed by atoms with Gasteiger partial charge in [0.05, 0.1) is 17.3 Å². The number of furan rings is 1. The summed E-state index contributed by atoms with van der Waals surface area (Å²) < 4.78 is 16.5. The zero-order chi connectivity index (χ0) is 19.8. The first-order valence-corrected chi connectivity index (χ1v) is 9.52. The molecule has 1 aromatic carbocycles. The summed E-state index contributed by atoms with van der Waals surface area (Å²) >= 11 is 3.63. The van der Waals surface area contributed by atoms with Gasteiger partial charge in [0.15, 0.2) is 0 Å². The van der Waals surface area contributed by atoms with Gasteiger partial charge < -0.3 is 23.7 Å². The van der Waals surface area contributed by atoms with Crippen molar-refractivity contribution in [2.75, 3.05) is 38.2 Å². The smallest absolute Gasteiger partial charge is 0.410 e. The molecule has 0 unspecified atom stereocenters. The maximum atomic E-state index is 12.2. The summed E-state index contributed by atoms with van der Waals surface area (Å²) in [5.74, 6) is -0.342. The normalized spacial score (nSPS) is 15.1. The first-order valence-electron chi connectivity index (χ1n) is 8.73. The molecule has 2 aromatic rings.